The molecule has 2 aliphatic heterocycles. The molecule has 0 bridgehead atoms. The van der Waals surface area contributed by atoms with Crippen LogP contribution in [0.1, 0.15) is 32.1 Å². The van der Waals surface area contributed by atoms with E-state index in [4.69, 9.17) is 0 Å². The molecule has 1 aliphatic carbocycles. The fraction of sp³-hybridized carbons (Fsp3) is 0.619. The standard InChI is InChI=1S/C21H29N3O2/c25-20(17-7-8-17)24-13-9-18(10-14-24)21(26)23-12-4-11-22(15-16-23)19-5-2-1-3-6-19/h1-3,5-6,17-18H,4,7-16H2. The molecule has 5 nitrogen and oxygen atoms in total. The van der Waals surface area contributed by atoms with Crippen molar-refractivity contribution in [2.75, 3.05) is 44.2 Å². The monoisotopic (exact) mass is 355 g/mol. The highest BCUT2D eigenvalue weighted by Gasteiger charge is 2.36. The number of carbonyl (C=O) groups is 2. The maximum absolute atomic E-state index is 13.0. The average Bonchev–Trinajstić information content (AvgIpc) is 3.54. The van der Waals surface area contributed by atoms with Crippen LogP contribution in [0.25, 0.3) is 0 Å². The minimum absolute atomic E-state index is 0.0986. The third-order valence-corrected chi connectivity index (χ3v) is 6.01. The quantitative estimate of drug-likeness (QED) is 0.836. The lowest BCUT2D eigenvalue weighted by atomic mass is 9.95. The summed E-state index contributed by atoms with van der Waals surface area (Å²) in [7, 11) is 0. The van der Waals surface area contributed by atoms with Crippen LogP contribution >= 0.6 is 0 Å². The topological polar surface area (TPSA) is 43.9 Å². The summed E-state index contributed by atoms with van der Waals surface area (Å²) < 4.78 is 0. The SMILES string of the molecule is O=C(C1CC1)N1CCC(C(=O)N2CCCN(c3ccccc3)CC2)CC1. The molecule has 0 atom stereocenters. The van der Waals surface area contributed by atoms with E-state index in [-0.39, 0.29) is 11.8 Å². The molecule has 1 aromatic carbocycles. The Morgan fingerprint density at radius 2 is 1.31 bits per heavy atom. The number of likely N-dealkylation sites (tertiary alicyclic amines) is 1. The van der Waals surface area contributed by atoms with E-state index in [9.17, 15) is 9.59 Å². The molecule has 26 heavy (non-hydrogen) atoms. The molecular formula is C21H29N3O2. The number of benzene rings is 1. The Labute approximate surface area is 155 Å². The first-order valence-electron chi connectivity index (χ1n) is 10.1. The van der Waals surface area contributed by atoms with Crippen LogP contribution in [0.5, 0.6) is 0 Å². The van der Waals surface area contributed by atoms with Crippen molar-refractivity contribution in [1.29, 1.82) is 0 Å². The molecule has 1 saturated carbocycles. The summed E-state index contributed by atoms with van der Waals surface area (Å²) in [5, 5.41) is 0. The predicted molar refractivity (Wildman–Crippen MR) is 102 cm³/mol. The number of anilines is 1. The van der Waals surface area contributed by atoms with Gasteiger partial charge in [0, 0.05) is 56.8 Å². The highest BCUT2D eigenvalue weighted by Crippen LogP contribution is 2.32. The molecule has 2 heterocycles. The summed E-state index contributed by atoms with van der Waals surface area (Å²) >= 11 is 0. The third kappa shape index (κ3) is 3.87. The number of carbonyl (C=O) groups excluding carboxylic acids is 2. The van der Waals surface area contributed by atoms with Crippen LogP contribution in [0, 0.1) is 11.8 Å². The Balaban J connectivity index is 1.29. The zero-order valence-electron chi connectivity index (χ0n) is 15.5. The van der Waals surface area contributed by atoms with Gasteiger partial charge in [0.1, 0.15) is 0 Å². The van der Waals surface area contributed by atoms with Crippen molar-refractivity contribution >= 4 is 17.5 Å². The smallest absolute Gasteiger partial charge is 0.225 e. The Morgan fingerprint density at radius 3 is 1.96 bits per heavy atom. The van der Waals surface area contributed by atoms with Gasteiger partial charge in [0.2, 0.25) is 11.8 Å². The van der Waals surface area contributed by atoms with E-state index in [1.165, 1.54) is 5.69 Å². The second kappa shape index (κ2) is 7.68. The lowest BCUT2D eigenvalue weighted by Crippen LogP contribution is -2.45. The van der Waals surface area contributed by atoms with Gasteiger partial charge in [-0.15, -0.1) is 0 Å². The van der Waals surface area contributed by atoms with Gasteiger partial charge in [-0.05, 0) is 44.2 Å². The van der Waals surface area contributed by atoms with Crippen LogP contribution in [0.3, 0.4) is 0 Å². The second-order valence-electron chi connectivity index (χ2n) is 7.88. The van der Waals surface area contributed by atoms with Crippen LogP contribution < -0.4 is 4.90 Å². The lowest BCUT2D eigenvalue weighted by molar-refractivity contribution is -0.141. The van der Waals surface area contributed by atoms with E-state index in [1.807, 2.05) is 11.0 Å². The largest absolute Gasteiger partial charge is 0.370 e. The molecular weight excluding hydrogens is 326 g/mol. The molecule has 4 rings (SSSR count). The molecule has 0 unspecified atom stereocenters. The van der Waals surface area contributed by atoms with E-state index >= 15 is 0 Å². The Hall–Kier alpha value is -2.04. The van der Waals surface area contributed by atoms with Crippen molar-refractivity contribution in [2.24, 2.45) is 11.8 Å². The van der Waals surface area contributed by atoms with Gasteiger partial charge in [-0.25, -0.2) is 0 Å². The fourth-order valence-corrected chi connectivity index (χ4v) is 4.23. The highest BCUT2D eigenvalue weighted by molar-refractivity contribution is 5.82. The molecule has 3 fully saturated rings. The zero-order valence-corrected chi connectivity index (χ0v) is 15.5. The first-order chi connectivity index (χ1) is 12.7. The Morgan fingerprint density at radius 1 is 0.692 bits per heavy atom. The first kappa shape index (κ1) is 17.4. The number of hydrogen-bond donors (Lipinski definition) is 0. The van der Waals surface area contributed by atoms with Crippen molar-refractivity contribution in [3.05, 3.63) is 30.3 Å². The molecule has 3 aliphatic rings. The van der Waals surface area contributed by atoms with Crippen LogP contribution in [-0.4, -0.2) is 60.9 Å². The number of rotatable bonds is 3. The van der Waals surface area contributed by atoms with Gasteiger partial charge in [0.05, 0.1) is 0 Å². The summed E-state index contributed by atoms with van der Waals surface area (Å²) in [6.07, 6.45) is 4.79. The number of hydrogen-bond acceptors (Lipinski definition) is 3. The van der Waals surface area contributed by atoms with E-state index < -0.39 is 0 Å². The van der Waals surface area contributed by atoms with Crippen molar-refractivity contribution in [3.63, 3.8) is 0 Å². The Bertz CT molecular complexity index is 636. The fourth-order valence-electron chi connectivity index (χ4n) is 4.23. The molecule has 140 valence electrons. The maximum atomic E-state index is 13.0. The lowest BCUT2D eigenvalue weighted by Gasteiger charge is -2.34. The third-order valence-electron chi connectivity index (χ3n) is 6.01. The molecule has 1 aromatic rings. The molecule has 2 amide bonds. The molecule has 0 N–H and O–H groups in total. The van der Waals surface area contributed by atoms with Crippen LogP contribution in [-0.2, 0) is 9.59 Å². The van der Waals surface area contributed by atoms with Crippen molar-refractivity contribution in [3.8, 4) is 0 Å². The van der Waals surface area contributed by atoms with E-state index in [0.717, 1.165) is 71.4 Å². The predicted octanol–water partition coefficient (Wildman–Crippen LogP) is 2.37. The van der Waals surface area contributed by atoms with Gasteiger partial charge in [0.25, 0.3) is 0 Å². The maximum Gasteiger partial charge on any atom is 0.225 e. The van der Waals surface area contributed by atoms with Crippen molar-refractivity contribution < 1.29 is 9.59 Å². The van der Waals surface area contributed by atoms with Gasteiger partial charge in [-0.1, -0.05) is 18.2 Å². The number of para-hydroxylation sites is 1. The van der Waals surface area contributed by atoms with Crippen LogP contribution in [0.15, 0.2) is 30.3 Å². The minimum atomic E-state index is 0.0986. The van der Waals surface area contributed by atoms with Crippen molar-refractivity contribution in [1.82, 2.24) is 9.80 Å². The van der Waals surface area contributed by atoms with E-state index in [0.29, 0.717) is 11.8 Å². The normalized spacial score (nSPS) is 22.2. The minimum Gasteiger partial charge on any atom is -0.370 e. The summed E-state index contributed by atoms with van der Waals surface area (Å²) in [5.41, 5.74) is 1.24. The number of amides is 2. The van der Waals surface area contributed by atoms with Crippen LogP contribution in [0.2, 0.25) is 0 Å². The summed E-state index contributed by atoms with van der Waals surface area (Å²) in [6.45, 7) is 5.07. The number of piperidine rings is 1. The van der Waals surface area contributed by atoms with E-state index in [1.54, 1.807) is 0 Å². The Kier molecular flexibility index (Phi) is 5.14. The van der Waals surface area contributed by atoms with Gasteiger partial charge >= 0.3 is 0 Å². The van der Waals surface area contributed by atoms with Gasteiger partial charge in [-0.3, -0.25) is 9.59 Å². The van der Waals surface area contributed by atoms with Crippen molar-refractivity contribution in [2.45, 2.75) is 32.1 Å². The average molecular weight is 355 g/mol. The second-order valence-corrected chi connectivity index (χ2v) is 7.88. The van der Waals surface area contributed by atoms with Gasteiger partial charge in [0.15, 0.2) is 0 Å². The molecule has 5 heteroatoms. The number of nitrogens with zero attached hydrogens (tertiary/aromatic N) is 3. The summed E-state index contributed by atoms with van der Waals surface area (Å²) in [4.78, 5) is 31.6. The molecule has 0 spiro atoms. The molecule has 2 saturated heterocycles. The first-order valence-corrected chi connectivity index (χ1v) is 10.1. The summed E-state index contributed by atoms with van der Waals surface area (Å²) in [6, 6.07) is 10.5. The molecule has 0 aromatic heterocycles. The summed E-state index contributed by atoms with van der Waals surface area (Å²) in [5.74, 6) is 1.01. The van der Waals surface area contributed by atoms with Gasteiger partial charge < -0.3 is 14.7 Å². The molecule has 0 radical (unpaired) electrons. The van der Waals surface area contributed by atoms with Gasteiger partial charge in [-0.2, -0.15) is 0 Å². The van der Waals surface area contributed by atoms with Crippen LogP contribution in [0.4, 0.5) is 5.69 Å². The zero-order chi connectivity index (χ0) is 17.9. The highest BCUT2D eigenvalue weighted by atomic mass is 16.2. The van der Waals surface area contributed by atoms with E-state index in [2.05, 4.69) is 34.1 Å².